The molecule has 0 radical (unpaired) electrons. The summed E-state index contributed by atoms with van der Waals surface area (Å²) in [6.45, 7) is 5.70. The van der Waals surface area contributed by atoms with Gasteiger partial charge in [0.2, 0.25) is 5.91 Å². The number of carbonyl (C=O) groups is 2. The van der Waals surface area contributed by atoms with E-state index in [1.807, 2.05) is 18.2 Å². The lowest BCUT2D eigenvalue weighted by molar-refractivity contribution is -0.305. The third kappa shape index (κ3) is 44.5. The Labute approximate surface area is 494 Å². The Morgan fingerprint density at radius 3 is 1.30 bits per heavy atom. The van der Waals surface area contributed by atoms with Gasteiger partial charge in [0.25, 0.3) is 0 Å². The second kappa shape index (κ2) is 56.8. The number of hydrogen-bond donors (Lipinski definition) is 6. The molecule has 6 N–H and O–H groups in total. The van der Waals surface area contributed by atoms with E-state index in [1.54, 1.807) is 6.08 Å². The van der Waals surface area contributed by atoms with Crippen LogP contribution in [0.3, 0.4) is 0 Å². The van der Waals surface area contributed by atoms with E-state index in [0.29, 0.717) is 19.3 Å². The lowest BCUT2D eigenvalue weighted by Gasteiger charge is -2.41. The molecule has 1 aliphatic heterocycles. The first kappa shape index (κ1) is 75.3. The fourth-order valence-electron chi connectivity index (χ4n) is 9.45. The third-order valence-electron chi connectivity index (χ3n) is 14.6. The first-order chi connectivity index (χ1) is 39.7. The summed E-state index contributed by atoms with van der Waals surface area (Å²) in [6.07, 6.45) is 66.9. The topological polar surface area (TPSA) is 175 Å². The summed E-state index contributed by atoms with van der Waals surface area (Å²) in [5, 5.41) is 57.1. The molecule has 0 saturated carbocycles. The fourth-order valence-corrected chi connectivity index (χ4v) is 9.45. The van der Waals surface area contributed by atoms with Crippen molar-refractivity contribution in [3.63, 3.8) is 0 Å². The number of carbonyl (C=O) groups excluding carboxylic acids is 2. The zero-order chi connectivity index (χ0) is 58.9. The first-order valence-electron chi connectivity index (χ1n) is 32.7. The summed E-state index contributed by atoms with van der Waals surface area (Å²) in [7, 11) is 0. The van der Waals surface area contributed by atoms with E-state index in [0.717, 1.165) is 109 Å². The number of aliphatic hydroxyl groups is 5. The van der Waals surface area contributed by atoms with Crippen LogP contribution >= 0.6 is 0 Å². The molecule has 0 spiro atoms. The number of esters is 1. The second-order valence-electron chi connectivity index (χ2n) is 22.1. The van der Waals surface area contributed by atoms with Crippen LogP contribution in [0.1, 0.15) is 258 Å². The molecule has 0 aromatic rings. The molecule has 11 heteroatoms. The summed E-state index contributed by atoms with van der Waals surface area (Å²) >= 11 is 0. The Kier molecular flexibility index (Phi) is 52.8. The van der Waals surface area contributed by atoms with Crippen molar-refractivity contribution in [2.45, 2.75) is 307 Å². The Bertz CT molecular complexity index is 1730. The van der Waals surface area contributed by atoms with Gasteiger partial charge in [-0.15, -0.1) is 0 Å². The molecule has 11 nitrogen and oxygen atoms in total. The number of hydrogen-bond acceptors (Lipinski definition) is 10. The summed E-state index contributed by atoms with van der Waals surface area (Å²) in [4.78, 5) is 26.6. The van der Waals surface area contributed by atoms with Crippen LogP contribution in [0, 0.1) is 0 Å². The molecule has 0 aromatic carbocycles. The van der Waals surface area contributed by atoms with E-state index in [-0.39, 0.29) is 19.4 Å². The SMILES string of the molecule is CCCCC/C=C\C/C=C\C/C=C\C/C=C\CCCCCCCCC(O)C(=O)NC(COC1OC(CO)C(O)C(O)C1OC(=O)CCC/C=C\C/C=C\C/C=C\C/C=C\CCCCC)C(O)/C=C/CCCCCCCCCCCCC. The Balaban J connectivity index is 2.71. The van der Waals surface area contributed by atoms with E-state index in [2.05, 4.69) is 111 Å². The molecule has 8 atom stereocenters. The molecule has 1 saturated heterocycles. The van der Waals surface area contributed by atoms with Crippen LogP contribution in [0.15, 0.2) is 109 Å². The van der Waals surface area contributed by atoms with Crippen molar-refractivity contribution in [3.05, 3.63) is 109 Å². The molecule has 464 valence electrons. The van der Waals surface area contributed by atoms with Crippen molar-refractivity contribution in [3.8, 4) is 0 Å². The van der Waals surface area contributed by atoms with Gasteiger partial charge in [-0.05, 0) is 109 Å². The standard InChI is InChI=1S/C70H119NO10/c1-4-7-10-13-16-19-22-25-27-29-30-31-32-33-35-36-39-42-45-48-51-54-57-63(74)69(78)71-61(62(73)56-53-50-47-44-41-38-24-21-18-15-12-9-6-3)60-79-70-68(67(77)66(76)64(59-72)80-70)81-65(75)58-55-52-49-46-43-40-37-34-28-26-23-20-17-14-11-8-5-2/h16-17,19-20,25-28,30-31,33,35,37,40,46,49,53,56,61-64,66-68,70,72-74,76-77H,4-15,18,21-24,29,32,34,36,38-39,41-45,47-48,50-52,54-55,57-60H2,1-3H3,(H,71,78)/b19-16-,20-17-,27-25-,28-26-,31-30-,35-33-,40-37-,49-46-,56-53+. The lowest BCUT2D eigenvalue weighted by atomic mass is 9.99. The van der Waals surface area contributed by atoms with Crippen molar-refractivity contribution in [1.29, 1.82) is 0 Å². The van der Waals surface area contributed by atoms with Gasteiger partial charge < -0.3 is 45.1 Å². The van der Waals surface area contributed by atoms with E-state index >= 15 is 0 Å². The summed E-state index contributed by atoms with van der Waals surface area (Å²) in [5.41, 5.74) is 0. The van der Waals surface area contributed by atoms with Gasteiger partial charge in [-0.2, -0.15) is 0 Å². The molecule has 0 aliphatic carbocycles. The number of aliphatic hydroxyl groups excluding tert-OH is 5. The predicted octanol–water partition coefficient (Wildman–Crippen LogP) is 16.1. The van der Waals surface area contributed by atoms with Crippen molar-refractivity contribution in [2.75, 3.05) is 13.2 Å². The minimum absolute atomic E-state index is 0.0411. The molecule has 81 heavy (non-hydrogen) atoms. The van der Waals surface area contributed by atoms with Crippen molar-refractivity contribution in [2.24, 2.45) is 0 Å². The van der Waals surface area contributed by atoms with Crippen molar-refractivity contribution >= 4 is 11.9 Å². The Hall–Kier alpha value is -3.68. The van der Waals surface area contributed by atoms with Crippen LogP contribution in [0.5, 0.6) is 0 Å². The number of amides is 1. The molecule has 8 unspecified atom stereocenters. The smallest absolute Gasteiger partial charge is 0.306 e. The van der Waals surface area contributed by atoms with E-state index < -0.39 is 67.4 Å². The highest BCUT2D eigenvalue weighted by atomic mass is 16.7. The van der Waals surface area contributed by atoms with Gasteiger partial charge in [0, 0.05) is 6.42 Å². The highest BCUT2D eigenvalue weighted by molar-refractivity contribution is 5.80. The predicted molar refractivity (Wildman–Crippen MR) is 338 cm³/mol. The second-order valence-corrected chi connectivity index (χ2v) is 22.1. The van der Waals surface area contributed by atoms with Crippen molar-refractivity contribution < 1.29 is 49.3 Å². The molecular formula is C70H119NO10. The molecule has 1 heterocycles. The van der Waals surface area contributed by atoms with Crippen LogP contribution < -0.4 is 5.32 Å². The normalized spacial score (nSPS) is 19.4. The number of ether oxygens (including phenoxy) is 3. The van der Waals surface area contributed by atoms with Gasteiger partial charge in [0.15, 0.2) is 12.4 Å². The fraction of sp³-hybridized carbons (Fsp3) is 0.714. The van der Waals surface area contributed by atoms with Gasteiger partial charge in [0.05, 0.1) is 25.4 Å². The maximum Gasteiger partial charge on any atom is 0.306 e. The van der Waals surface area contributed by atoms with Crippen LogP contribution in [-0.2, 0) is 23.8 Å². The summed E-state index contributed by atoms with van der Waals surface area (Å²) < 4.78 is 17.6. The summed E-state index contributed by atoms with van der Waals surface area (Å²) in [5.74, 6) is -1.27. The number of rotatable bonds is 54. The monoisotopic (exact) mass is 1130 g/mol. The minimum atomic E-state index is -1.64. The third-order valence-corrected chi connectivity index (χ3v) is 14.6. The highest BCUT2D eigenvalue weighted by Crippen LogP contribution is 2.26. The largest absolute Gasteiger partial charge is 0.454 e. The van der Waals surface area contributed by atoms with Crippen LogP contribution in [0.4, 0.5) is 0 Å². The van der Waals surface area contributed by atoms with E-state index in [4.69, 9.17) is 14.2 Å². The van der Waals surface area contributed by atoms with Gasteiger partial charge in [0.1, 0.15) is 24.4 Å². The van der Waals surface area contributed by atoms with Crippen molar-refractivity contribution in [1.82, 2.24) is 5.32 Å². The molecule has 1 fully saturated rings. The molecule has 0 bridgehead atoms. The molecule has 1 rings (SSSR count). The van der Waals surface area contributed by atoms with Crippen LogP contribution in [0.2, 0.25) is 0 Å². The van der Waals surface area contributed by atoms with Crippen LogP contribution in [-0.4, -0.2) is 99.6 Å². The van der Waals surface area contributed by atoms with Gasteiger partial charge in [-0.25, -0.2) is 0 Å². The lowest BCUT2D eigenvalue weighted by Crippen LogP contribution is -2.61. The minimum Gasteiger partial charge on any atom is -0.454 e. The molecule has 1 amide bonds. The Morgan fingerprint density at radius 2 is 0.852 bits per heavy atom. The van der Waals surface area contributed by atoms with Gasteiger partial charge >= 0.3 is 5.97 Å². The maximum absolute atomic E-state index is 13.5. The maximum atomic E-state index is 13.5. The Morgan fingerprint density at radius 1 is 0.481 bits per heavy atom. The molecular weight excluding hydrogens is 1010 g/mol. The molecule has 0 aromatic heterocycles. The number of unbranched alkanes of at least 4 members (excludes halogenated alkanes) is 24. The first-order valence-corrected chi connectivity index (χ1v) is 32.7. The van der Waals surface area contributed by atoms with E-state index in [9.17, 15) is 35.1 Å². The molecule has 1 aliphatic rings. The van der Waals surface area contributed by atoms with Gasteiger partial charge in [-0.3, -0.25) is 9.59 Å². The number of nitrogens with one attached hydrogen (secondary N) is 1. The highest BCUT2D eigenvalue weighted by Gasteiger charge is 2.47. The average molecular weight is 1130 g/mol. The quantitative estimate of drug-likeness (QED) is 0.0195. The van der Waals surface area contributed by atoms with Crippen LogP contribution in [0.25, 0.3) is 0 Å². The zero-order valence-corrected chi connectivity index (χ0v) is 51.4. The average Bonchev–Trinajstić information content (AvgIpc) is 3.49. The number of allylic oxidation sites excluding steroid dienone is 17. The van der Waals surface area contributed by atoms with E-state index in [1.165, 1.54) is 96.3 Å². The van der Waals surface area contributed by atoms with Gasteiger partial charge in [-0.1, -0.05) is 252 Å². The zero-order valence-electron chi connectivity index (χ0n) is 51.4. The summed E-state index contributed by atoms with van der Waals surface area (Å²) in [6, 6.07) is -1.05.